The van der Waals surface area contributed by atoms with Gasteiger partial charge in [0.05, 0.1) is 12.0 Å². The first-order valence-corrected chi connectivity index (χ1v) is 4.34. The lowest BCUT2D eigenvalue weighted by atomic mass is 10.2. The molecule has 0 spiro atoms. The van der Waals surface area contributed by atoms with Gasteiger partial charge in [0.15, 0.2) is 0 Å². The molecule has 0 radical (unpaired) electrons. The Kier molecular flexibility index (Phi) is 3.24. The van der Waals surface area contributed by atoms with Crippen molar-refractivity contribution in [3.63, 3.8) is 0 Å². The molecule has 1 aromatic heterocycles. The van der Waals surface area contributed by atoms with Crippen molar-refractivity contribution in [1.82, 2.24) is 9.55 Å². The summed E-state index contributed by atoms with van der Waals surface area (Å²) < 4.78 is 1.90. The number of imidazole rings is 1. The van der Waals surface area contributed by atoms with Crippen molar-refractivity contribution < 1.29 is 0 Å². The van der Waals surface area contributed by atoms with E-state index in [1.807, 2.05) is 23.8 Å². The Morgan fingerprint density at radius 3 is 2.57 bits per heavy atom. The molecular formula is C12H14N2. The van der Waals surface area contributed by atoms with Crippen LogP contribution < -0.4 is 0 Å². The van der Waals surface area contributed by atoms with Crippen molar-refractivity contribution >= 4 is 5.70 Å². The predicted octanol–water partition coefficient (Wildman–Crippen LogP) is 2.96. The van der Waals surface area contributed by atoms with E-state index in [4.69, 9.17) is 0 Å². The highest BCUT2D eigenvalue weighted by Gasteiger charge is 1.96. The maximum atomic E-state index is 4.14. The van der Waals surface area contributed by atoms with Gasteiger partial charge in [-0.3, -0.25) is 0 Å². The highest BCUT2D eigenvalue weighted by molar-refractivity contribution is 5.60. The average Bonchev–Trinajstić information content (AvgIpc) is 2.60. The molecule has 2 nitrogen and oxygen atoms in total. The molecule has 2 heteroatoms. The van der Waals surface area contributed by atoms with E-state index >= 15 is 0 Å². The van der Waals surface area contributed by atoms with Gasteiger partial charge in [-0.2, -0.15) is 0 Å². The summed E-state index contributed by atoms with van der Waals surface area (Å²) in [6.07, 6.45) is 9.05. The van der Waals surface area contributed by atoms with E-state index in [1.165, 1.54) is 0 Å². The van der Waals surface area contributed by atoms with E-state index < -0.39 is 0 Å². The molecule has 0 bridgehead atoms. The minimum Gasteiger partial charge on any atom is -0.306 e. The second-order valence-electron chi connectivity index (χ2n) is 2.97. The minimum absolute atomic E-state index is 0.853. The average molecular weight is 186 g/mol. The number of rotatable bonds is 4. The highest BCUT2D eigenvalue weighted by atomic mass is 15.0. The van der Waals surface area contributed by atoms with Crippen LogP contribution in [0, 0.1) is 6.92 Å². The quantitative estimate of drug-likeness (QED) is 0.661. The molecule has 0 saturated carbocycles. The summed E-state index contributed by atoms with van der Waals surface area (Å²) in [6, 6.07) is 0. The van der Waals surface area contributed by atoms with Crippen molar-refractivity contribution in [3.05, 3.63) is 61.8 Å². The molecule has 1 aromatic rings. The number of hydrogen-bond donors (Lipinski definition) is 0. The van der Waals surface area contributed by atoms with Crippen LogP contribution in [0.1, 0.15) is 5.69 Å². The zero-order valence-corrected chi connectivity index (χ0v) is 8.40. The summed E-state index contributed by atoms with van der Waals surface area (Å²) in [5, 5.41) is 0. The second-order valence-corrected chi connectivity index (χ2v) is 2.97. The fraction of sp³-hybridized carbons (Fsp3) is 0.0833. The third-order valence-corrected chi connectivity index (χ3v) is 1.81. The molecule has 0 N–H and O–H groups in total. The van der Waals surface area contributed by atoms with Gasteiger partial charge < -0.3 is 4.57 Å². The van der Waals surface area contributed by atoms with E-state index in [2.05, 4.69) is 24.7 Å². The molecule has 0 fully saturated rings. The van der Waals surface area contributed by atoms with Gasteiger partial charge in [0.25, 0.3) is 0 Å². The molecule has 0 aromatic carbocycles. The zero-order valence-electron chi connectivity index (χ0n) is 8.40. The molecule has 14 heavy (non-hydrogen) atoms. The summed E-state index contributed by atoms with van der Waals surface area (Å²) >= 11 is 0. The van der Waals surface area contributed by atoms with Crippen molar-refractivity contribution in [3.8, 4) is 0 Å². The maximum absolute atomic E-state index is 4.14. The monoisotopic (exact) mass is 186 g/mol. The number of nitrogens with zero attached hydrogens (tertiary/aromatic N) is 2. The lowest BCUT2D eigenvalue weighted by Gasteiger charge is -2.02. The Morgan fingerprint density at radius 1 is 1.43 bits per heavy atom. The third-order valence-electron chi connectivity index (χ3n) is 1.81. The number of aromatic nitrogens is 2. The molecule has 0 aliphatic carbocycles. The molecule has 0 unspecified atom stereocenters. The first-order valence-electron chi connectivity index (χ1n) is 4.34. The van der Waals surface area contributed by atoms with E-state index in [0.717, 1.165) is 17.0 Å². The number of allylic oxidation sites excluding steroid dienone is 5. The fourth-order valence-electron chi connectivity index (χ4n) is 1.05. The highest BCUT2D eigenvalue weighted by Crippen LogP contribution is 2.10. The number of hydrogen-bond acceptors (Lipinski definition) is 1. The van der Waals surface area contributed by atoms with Crippen LogP contribution in [-0.4, -0.2) is 9.55 Å². The Balaban J connectivity index is 3.03. The minimum atomic E-state index is 0.853. The molecule has 0 saturated heterocycles. The summed E-state index contributed by atoms with van der Waals surface area (Å²) in [5.74, 6) is 0. The largest absolute Gasteiger partial charge is 0.306 e. The summed E-state index contributed by atoms with van der Waals surface area (Å²) in [4.78, 5) is 4.14. The smallest absolute Gasteiger partial charge is 0.0995 e. The van der Waals surface area contributed by atoms with Gasteiger partial charge in [-0.05, 0) is 24.6 Å². The van der Waals surface area contributed by atoms with Gasteiger partial charge in [0.2, 0.25) is 0 Å². The van der Waals surface area contributed by atoms with Crippen LogP contribution in [0.2, 0.25) is 0 Å². The third kappa shape index (κ3) is 2.33. The Hall–Kier alpha value is -1.83. The lowest BCUT2D eigenvalue weighted by Crippen LogP contribution is -1.90. The molecule has 0 aliphatic rings. The normalized spacial score (nSPS) is 11.1. The summed E-state index contributed by atoms with van der Waals surface area (Å²) in [7, 11) is 0. The van der Waals surface area contributed by atoms with Gasteiger partial charge in [0.1, 0.15) is 0 Å². The molecule has 0 atom stereocenters. The molecular weight excluding hydrogens is 172 g/mol. The topological polar surface area (TPSA) is 17.8 Å². The van der Waals surface area contributed by atoms with E-state index in [0.29, 0.717) is 0 Å². The van der Waals surface area contributed by atoms with E-state index in [1.54, 1.807) is 18.5 Å². The van der Waals surface area contributed by atoms with Crippen LogP contribution >= 0.6 is 0 Å². The first kappa shape index (κ1) is 10.3. The molecule has 1 rings (SSSR count). The van der Waals surface area contributed by atoms with Crippen LogP contribution in [0.4, 0.5) is 0 Å². The van der Waals surface area contributed by atoms with Crippen LogP contribution in [0.25, 0.3) is 5.70 Å². The Labute approximate surface area is 84.6 Å². The van der Waals surface area contributed by atoms with Crippen molar-refractivity contribution in [1.29, 1.82) is 0 Å². The first-order chi connectivity index (χ1) is 6.67. The number of aryl methyl sites for hydroxylation is 1. The van der Waals surface area contributed by atoms with Crippen LogP contribution in [-0.2, 0) is 0 Å². The van der Waals surface area contributed by atoms with Gasteiger partial charge in [-0.15, -0.1) is 0 Å². The van der Waals surface area contributed by atoms with Gasteiger partial charge in [0, 0.05) is 11.9 Å². The zero-order chi connectivity index (χ0) is 10.6. The second kappa shape index (κ2) is 4.42. The Bertz CT molecular complexity index is 394. The van der Waals surface area contributed by atoms with Gasteiger partial charge >= 0.3 is 0 Å². The van der Waals surface area contributed by atoms with Gasteiger partial charge in [-0.1, -0.05) is 25.8 Å². The van der Waals surface area contributed by atoms with Crippen LogP contribution in [0.5, 0.6) is 0 Å². The van der Waals surface area contributed by atoms with Crippen LogP contribution in [0.3, 0.4) is 0 Å². The van der Waals surface area contributed by atoms with Crippen molar-refractivity contribution in [2.75, 3.05) is 0 Å². The van der Waals surface area contributed by atoms with E-state index in [9.17, 15) is 0 Å². The SMILES string of the molecule is C=CC(=C)/C=C(\C=C)n1cnc(C)c1. The maximum Gasteiger partial charge on any atom is 0.0995 e. The predicted molar refractivity (Wildman–Crippen MR) is 60.8 cm³/mol. The molecule has 1 heterocycles. The molecule has 72 valence electrons. The Morgan fingerprint density at radius 2 is 2.14 bits per heavy atom. The molecule has 0 aliphatic heterocycles. The summed E-state index contributed by atoms with van der Waals surface area (Å²) in [6.45, 7) is 13.1. The lowest BCUT2D eigenvalue weighted by molar-refractivity contribution is 1.10. The standard InChI is InChI=1S/C12H14N2/c1-5-10(3)7-12(6-2)14-8-11(4)13-9-14/h5-9H,1-3H2,4H3/b12-7+. The summed E-state index contributed by atoms with van der Waals surface area (Å²) in [5.41, 5.74) is 2.77. The molecule has 0 amide bonds. The fourth-order valence-corrected chi connectivity index (χ4v) is 1.05. The van der Waals surface area contributed by atoms with Crippen molar-refractivity contribution in [2.24, 2.45) is 0 Å². The van der Waals surface area contributed by atoms with E-state index in [-0.39, 0.29) is 0 Å². The van der Waals surface area contributed by atoms with Gasteiger partial charge in [-0.25, -0.2) is 4.98 Å². The van der Waals surface area contributed by atoms with Crippen LogP contribution in [0.15, 0.2) is 56.1 Å². The van der Waals surface area contributed by atoms with Crippen molar-refractivity contribution in [2.45, 2.75) is 6.92 Å².